The van der Waals surface area contributed by atoms with Crippen LogP contribution in [0.25, 0.3) is 0 Å². The second-order valence-electron chi connectivity index (χ2n) is 6.13. The smallest absolute Gasteiger partial charge is 0.274 e. The highest BCUT2D eigenvalue weighted by Gasteiger charge is 2.16. The molecule has 1 atom stereocenters. The SMILES string of the molecule is CC(NC(=O)c1cccc(C(=O)Nc2ccccc2C#N)n1)c1ccccc1. The lowest BCUT2D eigenvalue weighted by Gasteiger charge is -2.14. The first-order valence-corrected chi connectivity index (χ1v) is 8.72. The molecule has 0 radical (unpaired) electrons. The fraction of sp³-hybridized carbons (Fsp3) is 0.0909. The molecule has 2 amide bonds. The Morgan fingerprint density at radius 2 is 1.54 bits per heavy atom. The van der Waals surface area contributed by atoms with E-state index < -0.39 is 5.91 Å². The first kappa shape index (κ1) is 18.8. The minimum Gasteiger partial charge on any atom is -0.344 e. The van der Waals surface area contributed by atoms with E-state index in [-0.39, 0.29) is 23.3 Å². The average molecular weight is 370 g/mol. The van der Waals surface area contributed by atoms with Crippen LogP contribution in [0.15, 0.2) is 72.8 Å². The molecule has 6 heteroatoms. The number of amides is 2. The van der Waals surface area contributed by atoms with Crippen molar-refractivity contribution in [3.8, 4) is 6.07 Å². The first-order chi connectivity index (χ1) is 13.6. The molecule has 3 rings (SSSR count). The standard InChI is InChI=1S/C22H18N4O2/c1-15(16-8-3-2-4-9-16)24-21(27)19-12-7-13-20(25-19)22(28)26-18-11-6-5-10-17(18)14-23/h2-13,15H,1H3,(H,24,27)(H,26,28). The van der Waals surface area contributed by atoms with Gasteiger partial charge in [0.05, 0.1) is 17.3 Å². The number of para-hydroxylation sites is 1. The molecular formula is C22H18N4O2. The molecule has 28 heavy (non-hydrogen) atoms. The van der Waals surface area contributed by atoms with E-state index in [0.29, 0.717) is 11.3 Å². The normalized spacial score (nSPS) is 11.1. The van der Waals surface area contributed by atoms with Crippen molar-refractivity contribution in [2.75, 3.05) is 5.32 Å². The van der Waals surface area contributed by atoms with Crippen LogP contribution >= 0.6 is 0 Å². The summed E-state index contributed by atoms with van der Waals surface area (Å²) in [6.07, 6.45) is 0. The van der Waals surface area contributed by atoms with E-state index in [2.05, 4.69) is 15.6 Å². The average Bonchev–Trinajstić information content (AvgIpc) is 2.74. The van der Waals surface area contributed by atoms with E-state index in [0.717, 1.165) is 5.56 Å². The van der Waals surface area contributed by atoms with Gasteiger partial charge < -0.3 is 10.6 Å². The van der Waals surface area contributed by atoms with Crippen LogP contribution in [-0.2, 0) is 0 Å². The molecule has 2 aromatic carbocycles. The molecule has 6 nitrogen and oxygen atoms in total. The molecule has 0 aliphatic rings. The van der Waals surface area contributed by atoms with Gasteiger partial charge in [-0.05, 0) is 36.8 Å². The molecular weight excluding hydrogens is 352 g/mol. The number of anilines is 1. The number of carbonyl (C=O) groups excluding carboxylic acids is 2. The molecule has 0 saturated carbocycles. The summed E-state index contributed by atoms with van der Waals surface area (Å²) < 4.78 is 0. The van der Waals surface area contributed by atoms with Crippen LogP contribution in [0.5, 0.6) is 0 Å². The van der Waals surface area contributed by atoms with Crippen molar-refractivity contribution in [3.05, 3.63) is 95.3 Å². The summed E-state index contributed by atoms with van der Waals surface area (Å²) in [4.78, 5) is 29.2. The zero-order valence-corrected chi connectivity index (χ0v) is 15.2. The van der Waals surface area contributed by atoms with Gasteiger partial charge in [0.25, 0.3) is 11.8 Å². The van der Waals surface area contributed by atoms with Gasteiger partial charge in [0.2, 0.25) is 0 Å². The van der Waals surface area contributed by atoms with E-state index in [4.69, 9.17) is 5.26 Å². The van der Waals surface area contributed by atoms with Crippen LogP contribution in [0, 0.1) is 11.3 Å². The minimum atomic E-state index is -0.492. The molecule has 0 saturated heterocycles. The number of carbonyl (C=O) groups is 2. The van der Waals surface area contributed by atoms with Crippen LogP contribution < -0.4 is 10.6 Å². The van der Waals surface area contributed by atoms with E-state index >= 15 is 0 Å². The number of hydrogen-bond acceptors (Lipinski definition) is 4. The summed E-state index contributed by atoms with van der Waals surface area (Å²) in [5.41, 5.74) is 1.94. The van der Waals surface area contributed by atoms with E-state index in [1.54, 1.807) is 36.4 Å². The van der Waals surface area contributed by atoms with Gasteiger partial charge in [-0.1, -0.05) is 48.5 Å². The maximum absolute atomic E-state index is 12.5. The molecule has 1 aromatic heterocycles. The highest BCUT2D eigenvalue weighted by atomic mass is 16.2. The van der Waals surface area contributed by atoms with Gasteiger partial charge in [-0.15, -0.1) is 0 Å². The van der Waals surface area contributed by atoms with Gasteiger partial charge in [-0.3, -0.25) is 9.59 Å². The topological polar surface area (TPSA) is 94.9 Å². The highest BCUT2D eigenvalue weighted by molar-refractivity contribution is 6.04. The Kier molecular flexibility index (Phi) is 5.78. The van der Waals surface area contributed by atoms with Crippen LogP contribution in [0.2, 0.25) is 0 Å². The zero-order valence-electron chi connectivity index (χ0n) is 15.2. The van der Waals surface area contributed by atoms with Crippen molar-refractivity contribution < 1.29 is 9.59 Å². The Labute approximate surface area is 162 Å². The third-order valence-corrected chi connectivity index (χ3v) is 4.16. The third kappa shape index (κ3) is 4.40. The molecule has 0 aliphatic heterocycles. The van der Waals surface area contributed by atoms with Crippen molar-refractivity contribution in [1.29, 1.82) is 5.26 Å². The predicted molar refractivity (Wildman–Crippen MR) is 106 cm³/mol. The van der Waals surface area contributed by atoms with Crippen LogP contribution in [0.1, 0.15) is 45.1 Å². The van der Waals surface area contributed by atoms with Crippen molar-refractivity contribution in [1.82, 2.24) is 10.3 Å². The second kappa shape index (κ2) is 8.60. The van der Waals surface area contributed by atoms with E-state index in [1.165, 1.54) is 6.07 Å². The van der Waals surface area contributed by atoms with Gasteiger partial charge in [-0.25, -0.2) is 4.98 Å². The molecule has 0 aliphatic carbocycles. The number of pyridine rings is 1. The summed E-state index contributed by atoms with van der Waals surface area (Å²) in [5.74, 6) is -0.864. The van der Waals surface area contributed by atoms with Crippen molar-refractivity contribution in [2.45, 2.75) is 13.0 Å². The summed E-state index contributed by atoms with van der Waals surface area (Å²) in [6, 6.07) is 22.7. The van der Waals surface area contributed by atoms with Gasteiger partial charge in [0.15, 0.2) is 0 Å². The number of nitrogens with one attached hydrogen (secondary N) is 2. The third-order valence-electron chi connectivity index (χ3n) is 4.16. The maximum atomic E-state index is 12.5. The Bertz CT molecular complexity index is 1040. The van der Waals surface area contributed by atoms with Crippen LogP contribution in [-0.4, -0.2) is 16.8 Å². The number of benzene rings is 2. The van der Waals surface area contributed by atoms with E-state index in [1.807, 2.05) is 43.3 Å². The Hall–Kier alpha value is -3.98. The summed E-state index contributed by atoms with van der Waals surface area (Å²) in [5, 5.41) is 14.7. The maximum Gasteiger partial charge on any atom is 0.274 e. The lowest BCUT2D eigenvalue weighted by atomic mass is 10.1. The Morgan fingerprint density at radius 1 is 0.893 bits per heavy atom. The molecule has 2 N–H and O–H groups in total. The number of nitriles is 1. The van der Waals surface area contributed by atoms with Crippen molar-refractivity contribution in [3.63, 3.8) is 0 Å². The van der Waals surface area contributed by atoms with Gasteiger partial charge in [0, 0.05) is 0 Å². The molecule has 1 heterocycles. The monoisotopic (exact) mass is 370 g/mol. The number of aromatic nitrogens is 1. The van der Waals surface area contributed by atoms with Crippen molar-refractivity contribution >= 4 is 17.5 Å². The quantitative estimate of drug-likeness (QED) is 0.716. The van der Waals surface area contributed by atoms with E-state index in [9.17, 15) is 9.59 Å². The predicted octanol–water partition coefficient (Wildman–Crippen LogP) is 3.70. The lowest BCUT2D eigenvalue weighted by molar-refractivity contribution is 0.0934. The van der Waals surface area contributed by atoms with Gasteiger partial charge in [-0.2, -0.15) is 5.26 Å². The molecule has 3 aromatic rings. The molecule has 0 spiro atoms. The Balaban J connectivity index is 1.73. The van der Waals surface area contributed by atoms with Gasteiger partial charge in [0.1, 0.15) is 17.5 Å². The fourth-order valence-corrected chi connectivity index (χ4v) is 2.66. The summed E-state index contributed by atoms with van der Waals surface area (Å²) >= 11 is 0. The molecule has 0 fully saturated rings. The highest BCUT2D eigenvalue weighted by Crippen LogP contribution is 2.15. The molecule has 0 bridgehead atoms. The fourth-order valence-electron chi connectivity index (χ4n) is 2.66. The van der Waals surface area contributed by atoms with Crippen molar-refractivity contribution in [2.24, 2.45) is 0 Å². The van der Waals surface area contributed by atoms with Crippen LogP contribution in [0.3, 0.4) is 0 Å². The number of rotatable bonds is 5. The molecule has 138 valence electrons. The number of hydrogen-bond donors (Lipinski definition) is 2. The largest absolute Gasteiger partial charge is 0.344 e. The number of nitrogens with zero attached hydrogens (tertiary/aromatic N) is 2. The minimum absolute atomic E-state index is 0.0905. The first-order valence-electron chi connectivity index (χ1n) is 8.72. The zero-order chi connectivity index (χ0) is 19.9. The van der Waals surface area contributed by atoms with Gasteiger partial charge >= 0.3 is 0 Å². The van der Waals surface area contributed by atoms with Crippen LogP contribution in [0.4, 0.5) is 5.69 Å². The summed E-state index contributed by atoms with van der Waals surface area (Å²) in [7, 11) is 0. The summed E-state index contributed by atoms with van der Waals surface area (Å²) in [6.45, 7) is 1.88. The molecule has 1 unspecified atom stereocenters. The Morgan fingerprint density at radius 3 is 2.25 bits per heavy atom. The second-order valence-corrected chi connectivity index (χ2v) is 6.13. The lowest BCUT2D eigenvalue weighted by Crippen LogP contribution is -2.28.